The fourth-order valence-electron chi connectivity index (χ4n) is 4.97. The second kappa shape index (κ2) is 9.99. The molecular formula is C27H23Cl2F3N4O. The maximum atomic E-state index is 13.5. The zero-order valence-corrected chi connectivity index (χ0v) is 21.4. The lowest BCUT2D eigenvalue weighted by Gasteiger charge is -2.29. The molecule has 1 fully saturated rings. The fourth-order valence-corrected chi connectivity index (χ4v) is 5.22. The first-order valence-corrected chi connectivity index (χ1v) is 12.6. The Labute approximate surface area is 222 Å². The van der Waals surface area contributed by atoms with Gasteiger partial charge in [0.05, 0.1) is 11.8 Å². The van der Waals surface area contributed by atoms with Crippen molar-refractivity contribution >= 4 is 40.9 Å². The van der Waals surface area contributed by atoms with Crippen molar-refractivity contribution in [2.24, 2.45) is 11.0 Å². The molecule has 5 rings (SSSR count). The zero-order valence-electron chi connectivity index (χ0n) is 19.8. The molecule has 10 heteroatoms. The molecule has 0 radical (unpaired) electrons. The number of hydrazone groups is 1. The first kappa shape index (κ1) is 25.5. The highest BCUT2D eigenvalue weighted by Crippen LogP contribution is 2.44. The van der Waals surface area contributed by atoms with Crippen LogP contribution in [0.4, 0.5) is 13.2 Å². The lowest BCUT2D eigenvalue weighted by Crippen LogP contribution is -2.34. The smallest absolute Gasteiger partial charge is 0.271 e. The van der Waals surface area contributed by atoms with Gasteiger partial charge in [0.2, 0.25) is 0 Å². The molecule has 1 amide bonds. The van der Waals surface area contributed by atoms with Gasteiger partial charge in [0, 0.05) is 21.7 Å². The van der Waals surface area contributed by atoms with E-state index in [4.69, 9.17) is 28.3 Å². The van der Waals surface area contributed by atoms with Gasteiger partial charge in [0.1, 0.15) is 6.54 Å². The molecule has 0 saturated heterocycles. The van der Waals surface area contributed by atoms with Gasteiger partial charge in [-0.1, -0.05) is 47.5 Å². The van der Waals surface area contributed by atoms with Gasteiger partial charge < -0.3 is 0 Å². The number of nitrogens with zero attached hydrogens (tertiary/aromatic N) is 4. The van der Waals surface area contributed by atoms with Crippen molar-refractivity contribution < 1.29 is 18.0 Å². The molecule has 1 aliphatic carbocycles. The van der Waals surface area contributed by atoms with Crippen LogP contribution in [0.5, 0.6) is 0 Å². The van der Waals surface area contributed by atoms with Gasteiger partial charge in [-0.2, -0.15) is 23.4 Å². The lowest BCUT2D eigenvalue weighted by molar-refractivity contribution is -0.142. The Bertz CT molecular complexity index is 1380. The van der Waals surface area contributed by atoms with Crippen molar-refractivity contribution in [3.05, 3.63) is 92.7 Å². The van der Waals surface area contributed by atoms with E-state index in [9.17, 15) is 18.0 Å². The Morgan fingerprint density at radius 3 is 2.35 bits per heavy atom. The fraction of sp³-hybridized carbons (Fsp3) is 0.296. The van der Waals surface area contributed by atoms with Gasteiger partial charge in [0.25, 0.3) is 5.91 Å². The Hall–Kier alpha value is -3.10. The van der Waals surface area contributed by atoms with Crippen molar-refractivity contribution in [3.63, 3.8) is 0 Å². The van der Waals surface area contributed by atoms with Crippen molar-refractivity contribution in [3.8, 4) is 0 Å². The van der Waals surface area contributed by atoms with Crippen molar-refractivity contribution in [2.75, 3.05) is 0 Å². The van der Waals surface area contributed by atoms with Crippen LogP contribution in [-0.4, -0.2) is 26.4 Å². The van der Waals surface area contributed by atoms with Crippen LogP contribution in [0.2, 0.25) is 10.0 Å². The highest BCUT2D eigenvalue weighted by molar-refractivity contribution is 6.30. The molecule has 1 saturated carbocycles. The molecule has 37 heavy (non-hydrogen) atoms. The Morgan fingerprint density at radius 2 is 1.73 bits per heavy atom. The Morgan fingerprint density at radius 1 is 1.08 bits per heavy atom. The van der Waals surface area contributed by atoms with Gasteiger partial charge in [-0.3, -0.25) is 9.48 Å². The summed E-state index contributed by atoms with van der Waals surface area (Å²) in [7, 11) is 0. The molecule has 2 aromatic carbocycles. The zero-order chi connectivity index (χ0) is 26.3. The van der Waals surface area contributed by atoms with Crippen LogP contribution in [0.3, 0.4) is 0 Å². The molecule has 2 atom stereocenters. The van der Waals surface area contributed by atoms with Gasteiger partial charge in [-0.25, -0.2) is 5.01 Å². The molecule has 3 aromatic rings. The summed E-state index contributed by atoms with van der Waals surface area (Å²) >= 11 is 12.1. The predicted molar refractivity (Wildman–Crippen MR) is 137 cm³/mol. The summed E-state index contributed by atoms with van der Waals surface area (Å²) < 4.78 is 40.6. The third-order valence-corrected chi connectivity index (χ3v) is 7.24. The van der Waals surface area contributed by atoms with E-state index in [1.54, 1.807) is 12.1 Å². The highest BCUT2D eigenvalue weighted by atomic mass is 35.5. The maximum absolute atomic E-state index is 13.5. The molecule has 1 aromatic heterocycles. The van der Waals surface area contributed by atoms with E-state index in [1.165, 1.54) is 11.9 Å². The van der Waals surface area contributed by atoms with Gasteiger partial charge >= 0.3 is 6.18 Å². The number of hydrogen-bond donors (Lipinski definition) is 0. The first-order chi connectivity index (χ1) is 17.6. The molecule has 0 spiro atoms. The number of aryl methyl sites for hydroxylation is 1. The van der Waals surface area contributed by atoms with Crippen LogP contribution < -0.4 is 0 Å². The number of rotatable bonds is 4. The molecule has 2 heterocycles. The third-order valence-electron chi connectivity index (χ3n) is 6.74. The summed E-state index contributed by atoms with van der Waals surface area (Å²) in [5, 5.41) is 11.0. The second-order valence-electron chi connectivity index (χ2n) is 9.27. The molecule has 0 N–H and O–H groups in total. The second-order valence-corrected chi connectivity index (χ2v) is 10.1. The number of hydrogen-bond acceptors (Lipinski definition) is 3. The molecule has 5 nitrogen and oxygen atoms in total. The average molecular weight is 547 g/mol. The number of halogens is 5. The van der Waals surface area contributed by atoms with E-state index in [2.05, 4.69) is 11.2 Å². The standard InChI is InChI=1S/C27H23Cl2F3N4O/c1-16-13-23(27(30,31)32)33-35(16)15-24(37)36-26(18-7-11-21(29)12-8-18)22-4-2-3-19(25(22)34-36)14-17-5-9-20(28)10-6-17/h5-14,22,26H,2-4,15H2,1H3/b19-14+. The molecule has 1 aliphatic heterocycles. The number of amides is 1. The van der Waals surface area contributed by atoms with E-state index in [0.29, 0.717) is 10.0 Å². The topological polar surface area (TPSA) is 50.5 Å². The van der Waals surface area contributed by atoms with Crippen molar-refractivity contribution in [2.45, 2.75) is 44.9 Å². The average Bonchev–Trinajstić information content (AvgIpc) is 3.43. The number of carbonyl (C=O) groups is 1. The summed E-state index contributed by atoms with van der Waals surface area (Å²) in [6.07, 6.45) is 0.0202. The molecule has 2 unspecified atom stereocenters. The Kier molecular flexibility index (Phi) is 6.89. The van der Waals surface area contributed by atoms with Crippen molar-refractivity contribution in [1.82, 2.24) is 14.8 Å². The largest absolute Gasteiger partial charge is 0.435 e. The number of aromatic nitrogens is 2. The number of benzene rings is 2. The van der Waals surface area contributed by atoms with Gasteiger partial charge in [-0.15, -0.1) is 0 Å². The van der Waals surface area contributed by atoms with Crippen LogP contribution in [-0.2, 0) is 17.5 Å². The van der Waals surface area contributed by atoms with E-state index in [-0.39, 0.29) is 18.2 Å². The lowest BCUT2D eigenvalue weighted by atomic mass is 9.77. The highest BCUT2D eigenvalue weighted by Gasteiger charge is 2.44. The normalized spacial score (nSPS) is 20.8. The van der Waals surface area contributed by atoms with Crippen LogP contribution in [0, 0.1) is 12.8 Å². The van der Waals surface area contributed by atoms with E-state index >= 15 is 0 Å². The van der Waals surface area contributed by atoms with E-state index in [0.717, 1.165) is 52.4 Å². The van der Waals surface area contributed by atoms with Crippen molar-refractivity contribution in [1.29, 1.82) is 0 Å². The number of fused-ring (bicyclic) bond motifs is 1. The van der Waals surface area contributed by atoms with Crippen LogP contribution in [0.1, 0.15) is 47.8 Å². The molecule has 192 valence electrons. The summed E-state index contributed by atoms with van der Waals surface area (Å²) in [6, 6.07) is 15.3. The monoisotopic (exact) mass is 546 g/mol. The predicted octanol–water partition coefficient (Wildman–Crippen LogP) is 7.34. The Balaban J connectivity index is 1.51. The number of alkyl halides is 3. The SMILES string of the molecule is Cc1cc(C(F)(F)F)nn1CC(=O)N1N=C2/C(=C/c3ccc(Cl)cc3)CCCC2C1c1ccc(Cl)cc1. The first-order valence-electron chi connectivity index (χ1n) is 11.8. The summed E-state index contributed by atoms with van der Waals surface area (Å²) in [6.45, 7) is 1.14. The maximum Gasteiger partial charge on any atom is 0.435 e. The number of allylic oxidation sites excluding steroid dienone is 1. The minimum atomic E-state index is -4.59. The van der Waals surface area contributed by atoms with Gasteiger partial charge in [0.15, 0.2) is 5.69 Å². The number of carbonyl (C=O) groups excluding carboxylic acids is 1. The van der Waals surface area contributed by atoms with Crippen LogP contribution in [0.15, 0.2) is 65.3 Å². The molecular weight excluding hydrogens is 524 g/mol. The minimum Gasteiger partial charge on any atom is -0.271 e. The van der Waals surface area contributed by atoms with Crippen LogP contribution in [0.25, 0.3) is 6.08 Å². The molecule has 2 aliphatic rings. The van der Waals surface area contributed by atoms with E-state index in [1.807, 2.05) is 36.4 Å². The third kappa shape index (κ3) is 5.31. The quantitative estimate of drug-likeness (QED) is 0.343. The minimum absolute atomic E-state index is 0.0538. The van der Waals surface area contributed by atoms with E-state index < -0.39 is 23.8 Å². The van der Waals surface area contributed by atoms with Crippen LogP contribution >= 0.6 is 23.2 Å². The van der Waals surface area contributed by atoms with Gasteiger partial charge in [-0.05, 0) is 79.3 Å². The summed E-state index contributed by atoms with van der Waals surface area (Å²) in [4.78, 5) is 13.5. The summed E-state index contributed by atoms with van der Waals surface area (Å²) in [5.74, 6) is -0.491. The molecule has 0 bridgehead atoms. The summed E-state index contributed by atoms with van der Waals surface area (Å²) in [5.41, 5.74) is 2.91.